The molecular formula is C19H14N4O. The zero-order valence-electron chi connectivity index (χ0n) is 12.8. The van der Waals surface area contributed by atoms with Gasteiger partial charge in [0.2, 0.25) is 5.84 Å². The molecule has 2 aliphatic heterocycles. The van der Waals surface area contributed by atoms with Crippen molar-refractivity contribution in [1.29, 1.82) is 5.41 Å². The number of nitrogens with zero attached hydrogens (tertiary/aromatic N) is 3. The highest BCUT2D eigenvalue weighted by Gasteiger charge is 2.35. The smallest absolute Gasteiger partial charge is 0.278 e. The van der Waals surface area contributed by atoms with Gasteiger partial charge in [0.25, 0.3) is 0 Å². The minimum absolute atomic E-state index is 0.253. The summed E-state index contributed by atoms with van der Waals surface area (Å²) in [6, 6.07) is 19.6. The van der Waals surface area contributed by atoms with Gasteiger partial charge in [0.05, 0.1) is 11.4 Å². The van der Waals surface area contributed by atoms with E-state index in [-0.39, 0.29) is 5.84 Å². The maximum atomic E-state index is 12.2. The monoisotopic (exact) mass is 314 g/mol. The number of benzene rings is 2. The molecule has 0 spiro atoms. The van der Waals surface area contributed by atoms with Gasteiger partial charge in [-0.3, -0.25) is 15.1 Å². The number of hydrogen-bond acceptors (Lipinski definition) is 3. The van der Waals surface area contributed by atoms with E-state index >= 15 is 0 Å². The van der Waals surface area contributed by atoms with Gasteiger partial charge in [-0.15, -0.1) is 0 Å². The molecule has 0 bridgehead atoms. The highest BCUT2D eigenvalue weighted by atomic mass is 16.2. The number of carbonyl (C=O) groups is 1. The number of hydrogen-bond donors (Lipinski definition) is 1. The van der Waals surface area contributed by atoms with Crippen LogP contribution in [-0.2, 0) is 11.2 Å². The van der Waals surface area contributed by atoms with Crippen LogP contribution in [0.1, 0.15) is 11.1 Å². The second kappa shape index (κ2) is 5.70. The zero-order valence-corrected chi connectivity index (χ0v) is 12.8. The van der Waals surface area contributed by atoms with Gasteiger partial charge < -0.3 is 0 Å². The lowest BCUT2D eigenvalue weighted by atomic mass is 10.1. The standard InChI is InChI=1S/C19H14N4O/c20-17-19(24)23-12-16(14-9-5-2-6-10-14)21-15(18(23)22-17)11-13-7-3-1-4-8-13/h1-10,12,20H,11H2. The zero-order chi connectivity index (χ0) is 16.5. The van der Waals surface area contributed by atoms with E-state index < -0.39 is 5.91 Å². The summed E-state index contributed by atoms with van der Waals surface area (Å²) in [4.78, 5) is 22.4. The van der Waals surface area contributed by atoms with Crippen molar-refractivity contribution in [3.63, 3.8) is 0 Å². The van der Waals surface area contributed by atoms with Crippen LogP contribution in [0.5, 0.6) is 0 Å². The molecule has 1 amide bonds. The summed E-state index contributed by atoms with van der Waals surface area (Å²) in [7, 11) is 0. The summed E-state index contributed by atoms with van der Waals surface area (Å²) in [6.07, 6.45) is 2.22. The first-order valence-corrected chi connectivity index (χ1v) is 7.62. The van der Waals surface area contributed by atoms with Gasteiger partial charge in [-0.25, -0.2) is 9.98 Å². The van der Waals surface area contributed by atoms with Gasteiger partial charge in [0.15, 0.2) is 5.84 Å². The van der Waals surface area contributed by atoms with E-state index in [0.29, 0.717) is 23.7 Å². The molecule has 116 valence electrons. The Balaban J connectivity index is 1.78. The highest BCUT2D eigenvalue weighted by molar-refractivity contribution is 6.58. The van der Waals surface area contributed by atoms with E-state index in [0.717, 1.165) is 11.1 Å². The third-order valence-electron chi connectivity index (χ3n) is 3.92. The number of carbonyl (C=O) groups excluding carboxylic acids is 1. The first-order valence-electron chi connectivity index (χ1n) is 7.62. The SMILES string of the molecule is N=C1N=C2C(Cc3ccccc3)=NC(c3ccccc3)=CN2C1=O. The Labute approximate surface area is 139 Å². The molecule has 5 heteroatoms. The van der Waals surface area contributed by atoms with Gasteiger partial charge in [0, 0.05) is 18.2 Å². The summed E-state index contributed by atoms with van der Waals surface area (Å²) in [5.41, 5.74) is 3.40. The van der Waals surface area contributed by atoms with Crippen molar-refractivity contribution in [3.05, 3.63) is 78.0 Å². The number of amides is 1. The quantitative estimate of drug-likeness (QED) is 0.930. The molecule has 5 nitrogen and oxygen atoms in total. The van der Waals surface area contributed by atoms with Crippen LogP contribution in [-0.4, -0.2) is 28.2 Å². The molecule has 0 aliphatic carbocycles. The van der Waals surface area contributed by atoms with Crippen LogP contribution in [0.3, 0.4) is 0 Å². The van der Waals surface area contributed by atoms with Crippen LogP contribution >= 0.6 is 0 Å². The molecule has 2 aliphatic rings. The fourth-order valence-corrected chi connectivity index (χ4v) is 2.74. The highest BCUT2D eigenvalue weighted by Crippen LogP contribution is 2.25. The topological polar surface area (TPSA) is 68.9 Å². The number of nitrogens with one attached hydrogen (secondary N) is 1. The largest absolute Gasteiger partial charge is 0.300 e. The summed E-state index contributed by atoms with van der Waals surface area (Å²) in [5.74, 6) is -0.219. The van der Waals surface area contributed by atoms with Crippen molar-refractivity contribution >= 4 is 29.0 Å². The van der Waals surface area contributed by atoms with Crippen LogP contribution < -0.4 is 0 Å². The van der Waals surface area contributed by atoms with E-state index in [2.05, 4.69) is 4.99 Å². The molecule has 0 atom stereocenters. The van der Waals surface area contributed by atoms with Crippen molar-refractivity contribution in [2.24, 2.45) is 9.98 Å². The van der Waals surface area contributed by atoms with E-state index in [1.807, 2.05) is 60.7 Å². The lowest BCUT2D eigenvalue weighted by molar-refractivity contribution is -0.118. The number of fused-ring (bicyclic) bond motifs is 1. The predicted octanol–water partition coefficient (Wildman–Crippen LogP) is 2.90. The summed E-state index contributed by atoms with van der Waals surface area (Å²) in [5, 5.41) is 7.73. The summed E-state index contributed by atoms with van der Waals surface area (Å²) in [6.45, 7) is 0. The molecule has 0 saturated carbocycles. The minimum atomic E-state index is -0.418. The Morgan fingerprint density at radius 3 is 2.29 bits per heavy atom. The molecule has 24 heavy (non-hydrogen) atoms. The Hall–Kier alpha value is -3.34. The number of amidine groups is 2. The number of rotatable bonds is 3. The van der Waals surface area contributed by atoms with Gasteiger partial charge in [-0.2, -0.15) is 0 Å². The lowest BCUT2D eigenvalue weighted by Crippen LogP contribution is -2.37. The van der Waals surface area contributed by atoms with Crippen molar-refractivity contribution in [1.82, 2.24) is 4.90 Å². The maximum absolute atomic E-state index is 12.2. The van der Waals surface area contributed by atoms with Crippen molar-refractivity contribution in [2.75, 3.05) is 0 Å². The predicted molar refractivity (Wildman–Crippen MR) is 94.0 cm³/mol. The van der Waals surface area contributed by atoms with E-state index in [9.17, 15) is 4.79 Å². The molecule has 2 heterocycles. The van der Waals surface area contributed by atoms with Gasteiger partial charge in [0.1, 0.15) is 0 Å². The van der Waals surface area contributed by atoms with Crippen LogP contribution in [0.15, 0.2) is 76.8 Å². The molecule has 0 aromatic heterocycles. The Morgan fingerprint density at radius 2 is 1.58 bits per heavy atom. The normalized spacial score (nSPS) is 16.5. The van der Waals surface area contributed by atoms with Crippen molar-refractivity contribution < 1.29 is 4.79 Å². The Kier molecular flexibility index (Phi) is 3.39. The van der Waals surface area contributed by atoms with Crippen molar-refractivity contribution in [3.8, 4) is 0 Å². The number of aliphatic imine (C=N–C) groups is 2. The van der Waals surface area contributed by atoms with Gasteiger partial charge in [-0.05, 0) is 5.56 Å². The maximum Gasteiger partial charge on any atom is 0.300 e. The molecule has 2 aromatic carbocycles. The average Bonchev–Trinajstić information content (AvgIpc) is 2.92. The van der Waals surface area contributed by atoms with Gasteiger partial charge in [-0.1, -0.05) is 60.7 Å². The Morgan fingerprint density at radius 1 is 0.917 bits per heavy atom. The molecule has 0 fully saturated rings. The molecule has 2 aromatic rings. The van der Waals surface area contributed by atoms with E-state index in [1.165, 1.54) is 4.90 Å². The third-order valence-corrected chi connectivity index (χ3v) is 3.92. The molecule has 0 radical (unpaired) electrons. The van der Waals surface area contributed by atoms with Crippen LogP contribution in [0.4, 0.5) is 0 Å². The lowest BCUT2D eigenvalue weighted by Gasteiger charge is -2.21. The molecule has 4 rings (SSSR count). The summed E-state index contributed by atoms with van der Waals surface area (Å²) >= 11 is 0. The van der Waals surface area contributed by atoms with Gasteiger partial charge >= 0.3 is 5.91 Å². The summed E-state index contributed by atoms with van der Waals surface area (Å²) < 4.78 is 0. The first-order chi connectivity index (χ1) is 11.7. The van der Waals surface area contributed by atoms with E-state index in [4.69, 9.17) is 10.4 Å². The fraction of sp³-hybridized carbons (Fsp3) is 0.0526. The van der Waals surface area contributed by atoms with Crippen LogP contribution in [0.25, 0.3) is 5.70 Å². The minimum Gasteiger partial charge on any atom is -0.278 e. The molecule has 0 unspecified atom stereocenters. The Bertz CT molecular complexity index is 911. The molecule has 0 saturated heterocycles. The average molecular weight is 314 g/mol. The second-order valence-corrected chi connectivity index (χ2v) is 5.56. The third kappa shape index (κ3) is 2.46. The molecular weight excluding hydrogens is 300 g/mol. The fourth-order valence-electron chi connectivity index (χ4n) is 2.74. The van der Waals surface area contributed by atoms with Crippen LogP contribution in [0, 0.1) is 5.41 Å². The molecule has 1 N–H and O–H groups in total. The van der Waals surface area contributed by atoms with Crippen molar-refractivity contribution in [2.45, 2.75) is 6.42 Å². The van der Waals surface area contributed by atoms with E-state index in [1.54, 1.807) is 6.20 Å². The first kappa shape index (κ1) is 14.3. The second-order valence-electron chi connectivity index (χ2n) is 5.56. The van der Waals surface area contributed by atoms with Crippen LogP contribution in [0.2, 0.25) is 0 Å².